The molecule has 2 rings (SSSR count). The van der Waals surface area contributed by atoms with Gasteiger partial charge in [0.1, 0.15) is 11.6 Å². The number of nitrogens with zero attached hydrogens (tertiary/aromatic N) is 1. The lowest BCUT2D eigenvalue weighted by Gasteiger charge is -2.21. The van der Waals surface area contributed by atoms with Gasteiger partial charge in [-0.25, -0.2) is 17.2 Å². The van der Waals surface area contributed by atoms with E-state index in [0.717, 1.165) is 29.3 Å². The zero-order valence-electron chi connectivity index (χ0n) is 11.0. The Balaban J connectivity index is 2.29. The van der Waals surface area contributed by atoms with E-state index in [4.69, 9.17) is 10.5 Å². The number of nitrogens with two attached hydrogens (primary N) is 1. The van der Waals surface area contributed by atoms with Crippen LogP contribution in [0, 0.1) is 11.6 Å². The van der Waals surface area contributed by atoms with Crippen LogP contribution in [-0.2, 0) is 14.8 Å². The molecular weight excluding hydrogens is 290 g/mol. The molecule has 112 valence electrons. The third-order valence-corrected chi connectivity index (χ3v) is 5.05. The maximum atomic E-state index is 13.7. The fourth-order valence-electron chi connectivity index (χ4n) is 2.15. The molecule has 1 unspecified atom stereocenters. The second-order valence-corrected chi connectivity index (χ2v) is 6.72. The van der Waals surface area contributed by atoms with Crippen molar-refractivity contribution in [2.45, 2.75) is 23.8 Å². The van der Waals surface area contributed by atoms with Crippen molar-refractivity contribution in [1.29, 1.82) is 0 Å². The van der Waals surface area contributed by atoms with Crippen molar-refractivity contribution < 1.29 is 21.9 Å². The van der Waals surface area contributed by atoms with E-state index in [1.54, 1.807) is 0 Å². The van der Waals surface area contributed by atoms with E-state index >= 15 is 0 Å². The van der Waals surface area contributed by atoms with Gasteiger partial charge in [-0.05, 0) is 25.0 Å². The van der Waals surface area contributed by atoms with Crippen molar-refractivity contribution in [1.82, 2.24) is 4.31 Å². The van der Waals surface area contributed by atoms with E-state index in [1.165, 1.54) is 7.05 Å². The molecule has 0 radical (unpaired) electrons. The molecule has 5 nitrogen and oxygen atoms in total. The first kappa shape index (κ1) is 15.1. The molecule has 1 aromatic carbocycles. The largest absolute Gasteiger partial charge is 0.399 e. The van der Waals surface area contributed by atoms with Crippen LogP contribution in [0.1, 0.15) is 12.8 Å². The Morgan fingerprint density at radius 1 is 1.40 bits per heavy atom. The van der Waals surface area contributed by atoms with Gasteiger partial charge in [0.2, 0.25) is 10.0 Å². The van der Waals surface area contributed by atoms with Gasteiger partial charge in [0.15, 0.2) is 4.90 Å². The molecule has 1 fully saturated rings. The summed E-state index contributed by atoms with van der Waals surface area (Å²) in [5.41, 5.74) is 5.11. The highest BCUT2D eigenvalue weighted by atomic mass is 32.2. The smallest absolute Gasteiger partial charge is 0.248 e. The number of hydrogen-bond acceptors (Lipinski definition) is 4. The molecule has 0 saturated carbocycles. The van der Waals surface area contributed by atoms with Crippen LogP contribution < -0.4 is 5.73 Å². The first-order chi connectivity index (χ1) is 9.32. The Kier molecular flexibility index (Phi) is 4.26. The molecule has 0 bridgehead atoms. The third-order valence-electron chi connectivity index (χ3n) is 3.17. The number of rotatable bonds is 4. The molecule has 20 heavy (non-hydrogen) atoms. The quantitative estimate of drug-likeness (QED) is 0.852. The minimum Gasteiger partial charge on any atom is -0.399 e. The summed E-state index contributed by atoms with van der Waals surface area (Å²) in [5, 5.41) is 0. The van der Waals surface area contributed by atoms with Crippen LogP contribution in [-0.4, -0.2) is 39.0 Å². The van der Waals surface area contributed by atoms with Crippen LogP contribution in [0.5, 0.6) is 0 Å². The molecule has 1 saturated heterocycles. The molecule has 0 aliphatic carbocycles. The van der Waals surface area contributed by atoms with E-state index in [-0.39, 0.29) is 18.3 Å². The second kappa shape index (κ2) is 5.63. The van der Waals surface area contributed by atoms with Gasteiger partial charge in [-0.1, -0.05) is 0 Å². The molecular formula is C12H16F2N2O3S. The first-order valence-electron chi connectivity index (χ1n) is 6.15. The Labute approximate surface area is 116 Å². The lowest BCUT2D eigenvalue weighted by molar-refractivity contribution is 0.0978. The summed E-state index contributed by atoms with van der Waals surface area (Å²) < 4.78 is 58.1. The predicted molar refractivity (Wildman–Crippen MR) is 69.6 cm³/mol. The summed E-state index contributed by atoms with van der Waals surface area (Å²) in [7, 11) is -2.99. The fourth-order valence-corrected chi connectivity index (χ4v) is 3.44. The van der Waals surface area contributed by atoms with Crippen LogP contribution in [0.3, 0.4) is 0 Å². The minimum atomic E-state index is -4.26. The summed E-state index contributed by atoms with van der Waals surface area (Å²) in [6, 6.07) is 1.58. The summed E-state index contributed by atoms with van der Waals surface area (Å²) in [6.45, 7) is 0.634. The third kappa shape index (κ3) is 2.92. The molecule has 1 aliphatic rings. The van der Waals surface area contributed by atoms with Gasteiger partial charge in [-0.2, -0.15) is 4.31 Å². The molecule has 2 N–H and O–H groups in total. The molecule has 1 aromatic rings. The normalized spacial score (nSPS) is 19.7. The van der Waals surface area contributed by atoms with Gasteiger partial charge >= 0.3 is 0 Å². The minimum absolute atomic E-state index is 0.0611. The number of hydrogen-bond donors (Lipinski definition) is 1. The molecule has 0 spiro atoms. The van der Waals surface area contributed by atoms with E-state index in [1.807, 2.05) is 0 Å². The average molecular weight is 306 g/mol. The predicted octanol–water partition coefficient (Wildman–Crippen LogP) is 1.35. The van der Waals surface area contributed by atoms with E-state index < -0.39 is 26.6 Å². The monoisotopic (exact) mass is 306 g/mol. The average Bonchev–Trinajstić information content (AvgIpc) is 2.79. The SMILES string of the molecule is CN(CC1CCCO1)S(=O)(=O)c1c(F)cc(N)cc1F. The number of anilines is 1. The van der Waals surface area contributed by atoms with Crippen LogP contribution in [0.2, 0.25) is 0 Å². The maximum Gasteiger partial charge on any atom is 0.248 e. The van der Waals surface area contributed by atoms with Crippen molar-refractivity contribution in [2.75, 3.05) is 25.9 Å². The fraction of sp³-hybridized carbons (Fsp3) is 0.500. The van der Waals surface area contributed by atoms with Gasteiger partial charge in [0.25, 0.3) is 0 Å². The zero-order chi connectivity index (χ0) is 14.9. The maximum absolute atomic E-state index is 13.7. The highest BCUT2D eigenvalue weighted by Gasteiger charge is 2.31. The topological polar surface area (TPSA) is 72.6 Å². The van der Waals surface area contributed by atoms with Crippen molar-refractivity contribution in [3.8, 4) is 0 Å². The first-order valence-corrected chi connectivity index (χ1v) is 7.59. The van der Waals surface area contributed by atoms with Crippen LogP contribution in [0.15, 0.2) is 17.0 Å². The Morgan fingerprint density at radius 2 is 2.00 bits per heavy atom. The summed E-state index contributed by atoms with van der Waals surface area (Å²) >= 11 is 0. The van der Waals surface area contributed by atoms with Crippen molar-refractivity contribution in [3.63, 3.8) is 0 Å². The Bertz CT molecular complexity index is 578. The van der Waals surface area contributed by atoms with Crippen molar-refractivity contribution >= 4 is 15.7 Å². The van der Waals surface area contributed by atoms with Crippen molar-refractivity contribution in [2.24, 2.45) is 0 Å². The van der Waals surface area contributed by atoms with E-state index in [2.05, 4.69) is 0 Å². The van der Waals surface area contributed by atoms with E-state index in [0.29, 0.717) is 6.61 Å². The van der Waals surface area contributed by atoms with Crippen LogP contribution in [0.4, 0.5) is 14.5 Å². The number of likely N-dealkylation sites (N-methyl/N-ethyl adjacent to an activating group) is 1. The van der Waals surface area contributed by atoms with Gasteiger partial charge in [-0.3, -0.25) is 0 Å². The lowest BCUT2D eigenvalue weighted by atomic mass is 10.2. The molecule has 0 aromatic heterocycles. The molecule has 8 heteroatoms. The number of nitrogen functional groups attached to an aromatic ring is 1. The summed E-state index contributed by atoms with van der Waals surface area (Å²) in [4.78, 5) is -0.979. The van der Waals surface area contributed by atoms with Gasteiger partial charge < -0.3 is 10.5 Å². The molecule has 1 heterocycles. The van der Waals surface area contributed by atoms with E-state index in [9.17, 15) is 17.2 Å². The molecule has 0 amide bonds. The number of sulfonamides is 1. The van der Waals surface area contributed by atoms with Crippen LogP contribution >= 0.6 is 0 Å². The molecule has 1 atom stereocenters. The zero-order valence-corrected chi connectivity index (χ0v) is 11.8. The van der Waals surface area contributed by atoms with Gasteiger partial charge in [-0.15, -0.1) is 0 Å². The second-order valence-electron chi connectivity index (χ2n) is 4.73. The van der Waals surface area contributed by atoms with Crippen LogP contribution in [0.25, 0.3) is 0 Å². The molecule has 1 aliphatic heterocycles. The summed E-state index contributed by atoms with van der Waals surface area (Å²) in [5.74, 6) is -2.39. The van der Waals surface area contributed by atoms with Crippen molar-refractivity contribution in [3.05, 3.63) is 23.8 Å². The Hall–Kier alpha value is -1.25. The lowest BCUT2D eigenvalue weighted by Crippen LogP contribution is -2.35. The number of benzene rings is 1. The number of halogens is 2. The highest BCUT2D eigenvalue weighted by molar-refractivity contribution is 7.89. The highest BCUT2D eigenvalue weighted by Crippen LogP contribution is 2.25. The summed E-state index contributed by atoms with van der Waals surface area (Å²) in [6.07, 6.45) is 1.34. The standard InChI is InChI=1S/C12H16F2N2O3S/c1-16(7-9-3-2-4-19-9)20(17,18)12-10(13)5-8(15)6-11(12)14/h5-6,9H,2-4,7,15H2,1H3. The van der Waals surface area contributed by atoms with Gasteiger partial charge in [0, 0.05) is 25.9 Å². The Morgan fingerprint density at radius 3 is 2.50 bits per heavy atom. The van der Waals surface area contributed by atoms with Gasteiger partial charge in [0.05, 0.1) is 6.10 Å². The number of ether oxygens (including phenoxy) is 1.